The minimum atomic E-state index is -3.46. The Labute approximate surface area is 193 Å². The van der Waals surface area contributed by atoms with Crippen molar-refractivity contribution in [3.63, 3.8) is 0 Å². The highest BCUT2D eigenvalue weighted by Crippen LogP contribution is 2.33. The van der Waals surface area contributed by atoms with E-state index in [2.05, 4.69) is 34.7 Å². The van der Waals surface area contributed by atoms with E-state index in [0.29, 0.717) is 42.9 Å². The Bertz CT molecular complexity index is 1170. The number of benzene rings is 1. The molecule has 1 aromatic carbocycles. The van der Waals surface area contributed by atoms with E-state index in [1.807, 2.05) is 24.8 Å². The Hall–Kier alpha value is -2.36. The number of aromatic amines is 1. The van der Waals surface area contributed by atoms with Crippen LogP contribution in [0.3, 0.4) is 0 Å². The lowest BCUT2D eigenvalue weighted by molar-refractivity contribution is 0.181. The Balaban J connectivity index is 1.31. The number of nitrogens with one attached hydrogen (secondary N) is 2. The molecule has 3 heterocycles. The number of carbonyl (C=O) groups is 1. The highest BCUT2D eigenvalue weighted by atomic mass is 32.2. The maximum Gasteiger partial charge on any atom is 0.317 e. The predicted molar refractivity (Wildman–Crippen MR) is 129 cm³/mol. The summed E-state index contributed by atoms with van der Waals surface area (Å²) in [5.41, 5.74) is 2.49. The fraction of sp³-hybridized carbons (Fsp3) is 0.435. The number of nitrogens with zero attached hydrogens (tertiary/aromatic N) is 2. The van der Waals surface area contributed by atoms with Crippen LogP contribution in [0.4, 0.5) is 4.79 Å². The first kappa shape index (κ1) is 22.8. The molecule has 1 saturated heterocycles. The lowest BCUT2D eigenvalue weighted by Gasteiger charge is -2.32. The van der Waals surface area contributed by atoms with Gasteiger partial charge < -0.3 is 15.2 Å². The second-order valence-corrected chi connectivity index (χ2v) is 11.4. The monoisotopic (exact) mass is 474 g/mol. The number of hydrogen-bond donors (Lipinski definition) is 2. The minimum Gasteiger partial charge on any atom is -0.361 e. The molecule has 0 saturated carbocycles. The quantitative estimate of drug-likeness (QED) is 0.534. The number of likely N-dealkylation sites (tertiary alicyclic amines) is 1. The molecule has 2 aromatic heterocycles. The van der Waals surface area contributed by atoms with Gasteiger partial charge in [-0.25, -0.2) is 13.2 Å². The molecule has 172 valence electrons. The van der Waals surface area contributed by atoms with Crippen LogP contribution in [-0.2, 0) is 16.6 Å². The number of hydrogen-bond acceptors (Lipinski definition) is 4. The van der Waals surface area contributed by atoms with Crippen molar-refractivity contribution in [3.05, 3.63) is 53.0 Å². The number of thiophene rings is 1. The van der Waals surface area contributed by atoms with Crippen molar-refractivity contribution in [1.29, 1.82) is 0 Å². The zero-order valence-electron chi connectivity index (χ0n) is 18.5. The molecule has 0 unspecified atom stereocenters. The first-order valence-electron chi connectivity index (χ1n) is 11.1. The average Bonchev–Trinajstić information content (AvgIpc) is 3.46. The lowest BCUT2D eigenvalue weighted by atomic mass is 9.89. The number of H-pyrrole nitrogens is 1. The van der Waals surface area contributed by atoms with E-state index in [0.717, 1.165) is 23.2 Å². The summed E-state index contributed by atoms with van der Waals surface area (Å²) in [6.45, 7) is 6.30. The summed E-state index contributed by atoms with van der Waals surface area (Å²) in [6, 6.07) is 11.7. The van der Waals surface area contributed by atoms with E-state index in [-0.39, 0.29) is 6.03 Å². The number of piperidine rings is 1. The Morgan fingerprint density at radius 2 is 1.88 bits per heavy atom. The molecule has 2 amide bonds. The van der Waals surface area contributed by atoms with Crippen molar-refractivity contribution in [1.82, 2.24) is 19.5 Å². The number of fused-ring (bicyclic) bond motifs is 1. The first-order valence-corrected chi connectivity index (χ1v) is 13.4. The van der Waals surface area contributed by atoms with Crippen LogP contribution in [0.25, 0.3) is 10.9 Å². The molecule has 4 rings (SSSR count). The molecule has 0 bridgehead atoms. The van der Waals surface area contributed by atoms with Crippen LogP contribution in [-0.4, -0.2) is 54.8 Å². The minimum absolute atomic E-state index is 0.0936. The number of aromatic nitrogens is 1. The lowest BCUT2D eigenvalue weighted by Crippen LogP contribution is -2.43. The van der Waals surface area contributed by atoms with Crippen molar-refractivity contribution in [2.45, 2.75) is 43.4 Å². The van der Waals surface area contributed by atoms with Crippen LogP contribution in [0.5, 0.6) is 0 Å². The van der Waals surface area contributed by atoms with Crippen LogP contribution in [0, 0.1) is 0 Å². The maximum atomic E-state index is 12.7. The van der Waals surface area contributed by atoms with Gasteiger partial charge in [0.15, 0.2) is 0 Å². The molecule has 32 heavy (non-hydrogen) atoms. The molecule has 0 atom stereocenters. The van der Waals surface area contributed by atoms with Crippen molar-refractivity contribution < 1.29 is 13.2 Å². The Morgan fingerprint density at radius 3 is 2.59 bits per heavy atom. The standard InChI is InChI=1S/C23H30N4O3S2/c1-3-27(4-2)32(29,30)22-10-9-18(31-22)15-25-23(28)26-13-11-17(12-14-26)20-16-24-21-8-6-5-7-19(20)21/h5-10,16-17,24H,3-4,11-15H2,1-2H3,(H,25,28). The fourth-order valence-corrected chi connectivity index (χ4v) is 7.29. The Morgan fingerprint density at radius 1 is 1.16 bits per heavy atom. The Kier molecular flexibility index (Phi) is 6.88. The van der Waals surface area contributed by atoms with Gasteiger partial charge in [0.25, 0.3) is 10.0 Å². The highest BCUT2D eigenvalue weighted by molar-refractivity contribution is 7.91. The van der Waals surface area contributed by atoms with E-state index in [1.165, 1.54) is 26.6 Å². The molecule has 1 aliphatic heterocycles. The molecule has 3 aromatic rings. The number of rotatable bonds is 7. The summed E-state index contributed by atoms with van der Waals surface area (Å²) >= 11 is 1.22. The summed E-state index contributed by atoms with van der Waals surface area (Å²) in [5, 5.41) is 4.22. The van der Waals surface area contributed by atoms with Gasteiger partial charge in [-0.05, 0) is 42.5 Å². The predicted octanol–water partition coefficient (Wildman–Crippen LogP) is 4.35. The van der Waals surface area contributed by atoms with Gasteiger partial charge in [0, 0.05) is 48.2 Å². The van der Waals surface area contributed by atoms with Gasteiger partial charge in [0.2, 0.25) is 0 Å². The molecule has 2 N–H and O–H groups in total. The molecule has 0 aliphatic carbocycles. The SMILES string of the molecule is CCN(CC)S(=O)(=O)c1ccc(CNC(=O)N2CCC(c3c[nH]c4ccccc34)CC2)s1. The number of para-hydroxylation sites is 1. The third kappa shape index (κ3) is 4.55. The van der Waals surface area contributed by atoms with Gasteiger partial charge in [-0.15, -0.1) is 11.3 Å². The third-order valence-corrected chi connectivity index (χ3v) is 9.80. The highest BCUT2D eigenvalue weighted by Gasteiger charge is 2.26. The summed E-state index contributed by atoms with van der Waals surface area (Å²) in [7, 11) is -3.46. The van der Waals surface area contributed by atoms with E-state index in [9.17, 15) is 13.2 Å². The van der Waals surface area contributed by atoms with Crippen molar-refractivity contribution >= 4 is 38.3 Å². The normalized spacial score (nSPS) is 15.5. The number of amides is 2. The van der Waals surface area contributed by atoms with Crippen molar-refractivity contribution in [2.24, 2.45) is 0 Å². The fourth-order valence-electron chi connectivity index (χ4n) is 4.38. The molecule has 0 spiro atoms. The summed E-state index contributed by atoms with van der Waals surface area (Å²) in [6.07, 6.45) is 3.97. The van der Waals surface area contributed by atoms with Crippen LogP contribution in [0.1, 0.15) is 43.0 Å². The number of sulfonamides is 1. The molecule has 7 nitrogen and oxygen atoms in total. The van der Waals surface area contributed by atoms with E-state index in [4.69, 9.17) is 0 Å². The molecular weight excluding hydrogens is 444 g/mol. The van der Waals surface area contributed by atoms with Gasteiger partial charge in [-0.2, -0.15) is 4.31 Å². The van der Waals surface area contributed by atoms with E-state index >= 15 is 0 Å². The van der Waals surface area contributed by atoms with Gasteiger partial charge in [-0.1, -0.05) is 32.0 Å². The van der Waals surface area contributed by atoms with Crippen molar-refractivity contribution in [3.8, 4) is 0 Å². The largest absolute Gasteiger partial charge is 0.361 e. The van der Waals surface area contributed by atoms with Crippen LogP contribution in [0.2, 0.25) is 0 Å². The molecular formula is C23H30N4O3S2. The zero-order chi connectivity index (χ0) is 22.7. The summed E-state index contributed by atoms with van der Waals surface area (Å²) < 4.78 is 27.1. The van der Waals surface area contributed by atoms with Crippen LogP contribution >= 0.6 is 11.3 Å². The van der Waals surface area contributed by atoms with E-state index < -0.39 is 10.0 Å². The summed E-state index contributed by atoms with van der Waals surface area (Å²) in [5.74, 6) is 0.445. The van der Waals surface area contributed by atoms with Crippen molar-refractivity contribution in [2.75, 3.05) is 26.2 Å². The third-order valence-electron chi connectivity index (χ3n) is 6.19. The maximum absolute atomic E-state index is 12.7. The smallest absolute Gasteiger partial charge is 0.317 e. The molecule has 9 heteroatoms. The van der Waals surface area contributed by atoms with Crippen LogP contribution < -0.4 is 5.32 Å². The second-order valence-electron chi connectivity index (χ2n) is 8.02. The van der Waals surface area contributed by atoms with Gasteiger partial charge >= 0.3 is 6.03 Å². The molecule has 1 fully saturated rings. The second kappa shape index (κ2) is 9.64. The average molecular weight is 475 g/mol. The molecule has 1 aliphatic rings. The van der Waals surface area contributed by atoms with Gasteiger partial charge in [-0.3, -0.25) is 0 Å². The molecule has 0 radical (unpaired) electrons. The summed E-state index contributed by atoms with van der Waals surface area (Å²) in [4.78, 5) is 18.7. The van der Waals surface area contributed by atoms with E-state index in [1.54, 1.807) is 12.1 Å². The first-order chi connectivity index (χ1) is 15.4. The zero-order valence-corrected chi connectivity index (χ0v) is 20.1. The number of urea groups is 1. The number of carbonyl (C=O) groups excluding carboxylic acids is 1. The van der Waals surface area contributed by atoms with Crippen LogP contribution in [0.15, 0.2) is 46.8 Å². The van der Waals surface area contributed by atoms with Gasteiger partial charge in [0.05, 0.1) is 6.54 Å². The van der Waals surface area contributed by atoms with Gasteiger partial charge in [0.1, 0.15) is 4.21 Å². The topological polar surface area (TPSA) is 85.5 Å².